The third kappa shape index (κ3) is 2.25. The van der Waals surface area contributed by atoms with E-state index in [9.17, 15) is 9.59 Å². The first-order valence-corrected chi connectivity index (χ1v) is 5.13. The van der Waals surface area contributed by atoms with Crippen LogP contribution >= 0.6 is 0 Å². The monoisotopic (exact) mass is 199 g/mol. The molecule has 4 heteroatoms. The summed E-state index contributed by atoms with van der Waals surface area (Å²) in [5.74, 6) is -1.50. The quantitative estimate of drug-likeness (QED) is 0.717. The second-order valence-corrected chi connectivity index (χ2v) is 3.70. The van der Waals surface area contributed by atoms with Gasteiger partial charge in [-0.2, -0.15) is 0 Å². The largest absolute Gasteiger partial charge is 0.481 e. The molecule has 1 aliphatic rings. The number of hydrogen-bond acceptors (Lipinski definition) is 2. The van der Waals surface area contributed by atoms with Crippen molar-refractivity contribution in [3.8, 4) is 0 Å². The Hall–Kier alpha value is -1.06. The third-order valence-electron chi connectivity index (χ3n) is 2.61. The minimum atomic E-state index is -0.837. The van der Waals surface area contributed by atoms with E-state index in [2.05, 4.69) is 0 Å². The van der Waals surface area contributed by atoms with Crippen molar-refractivity contribution in [3.63, 3.8) is 0 Å². The molecule has 0 aromatic carbocycles. The van der Waals surface area contributed by atoms with Crippen molar-refractivity contribution in [2.75, 3.05) is 13.1 Å². The first kappa shape index (κ1) is 11.0. The number of carbonyl (C=O) groups excluding carboxylic acids is 1. The number of carbonyl (C=O) groups is 2. The van der Waals surface area contributed by atoms with Crippen LogP contribution in [0.2, 0.25) is 0 Å². The van der Waals surface area contributed by atoms with Crippen LogP contribution in [0, 0.1) is 11.8 Å². The van der Waals surface area contributed by atoms with Gasteiger partial charge in [-0.25, -0.2) is 0 Å². The summed E-state index contributed by atoms with van der Waals surface area (Å²) in [6.07, 6.45) is 1.44. The van der Waals surface area contributed by atoms with Crippen molar-refractivity contribution >= 4 is 11.9 Å². The van der Waals surface area contributed by atoms with E-state index in [-0.39, 0.29) is 11.8 Å². The van der Waals surface area contributed by atoms with Crippen LogP contribution in [-0.4, -0.2) is 35.0 Å². The highest BCUT2D eigenvalue weighted by Gasteiger charge is 2.49. The maximum atomic E-state index is 11.7. The van der Waals surface area contributed by atoms with Gasteiger partial charge in [0, 0.05) is 13.1 Å². The zero-order valence-corrected chi connectivity index (χ0v) is 8.69. The van der Waals surface area contributed by atoms with Gasteiger partial charge in [-0.15, -0.1) is 0 Å². The van der Waals surface area contributed by atoms with Crippen molar-refractivity contribution in [1.29, 1.82) is 0 Å². The van der Waals surface area contributed by atoms with Gasteiger partial charge in [0.1, 0.15) is 0 Å². The predicted molar refractivity (Wildman–Crippen MR) is 51.8 cm³/mol. The molecule has 2 atom stereocenters. The lowest BCUT2D eigenvalue weighted by molar-refractivity contribution is -0.141. The molecule has 1 saturated carbocycles. The van der Waals surface area contributed by atoms with Gasteiger partial charge in [-0.05, 0) is 19.8 Å². The zero-order chi connectivity index (χ0) is 10.7. The van der Waals surface area contributed by atoms with Crippen molar-refractivity contribution in [1.82, 2.24) is 4.90 Å². The summed E-state index contributed by atoms with van der Waals surface area (Å²) in [7, 11) is 0. The summed E-state index contributed by atoms with van der Waals surface area (Å²) >= 11 is 0. The summed E-state index contributed by atoms with van der Waals surface area (Å²) in [6, 6.07) is 0. The Kier molecular flexibility index (Phi) is 3.49. The van der Waals surface area contributed by atoms with Crippen LogP contribution in [0.25, 0.3) is 0 Å². The van der Waals surface area contributed by atoms with Crippen LogP contribution in [0.5, 0.6) is 0 Å². The molecule has 0 aromatic heterocycles. The lowest BCUT2D eigenvalue weighted by atomic mass is 10.2. The molecule has 1 fully saturated rings. The molecule has 0 unspecified atom stereocenters. The standard InChI is InChI=1S/C10H17NO3/c1-3-5-11(4-2)9(12)7-6-8(7)10(13)14/h7-8H,3-6H2,1-2H3,(H,13,14)/t7-,8+/m1/s1. The van der Waals surface area contributed by atoms with Crippen LogP contribution in [-0.2, 0) is 9.59 Å². The number of hydrogen-bond donors (Lipinski definition) is 1. The molecule has 1 amide bonds. The Bertz CT molecular complexity index is 240. The van der Waals surface area contributed by atoms with Crippen molar-refractivity contribution in [2.45, 2.75) is 26.7 Å². The first-order chi connectivity index (χ1) is 6.61. The number of carboxylic acid groups (broad SMARTS) is 1. The van der Waals surface area contributed by atoms with E-state index in [4.69, 9.17) is 5.11 Å². The molecular formula is C10H17NO3. The molecule has 80 valence electrons. The van der Waals surface area contributed by atoms with E-state index >= 15 is 0 Å². The minimum Gasteiger partial charge on any atom is -0.481 e. The Labute approximate surface area is 83.9 Å². The highest BCUT2D eigenvalue weighted by atomic mass is 16.4. The van der Waals surface area contributed by atoms with E-state index in [1.54, 1.807) is 4.90 Å². The highest BCUT2D eigenvalue weighted by Crippen LogP contribution is 2.40. The molecule has 1 rings (SSSR count). The van der Waals surface area contributed by atoms with Gasteiger partial charge in [0.15, 0.2) is 0 Å². The molecule has 0 bridgehead atoms. The van der Waals surface area contributed by atoms with Gasteiger partial charge in [0.2, 0.25) is 5.91 Å². The van der Waals surface area contributed by atoms with Gasteiger partial charge >= 0.3 is 5.97 Å². The van der Waals surface area contributed by atoms with Crippen molar-refractivity contribution < 1.29 is 14.7 Å². The smallest absolute Gasteiger partial charge is 0.307 e. The van der Waals surface area contributed by atoms with Gasteiger partial charge in [0.05, 0.1) is 11.8 Å². The first-order valence-electron chi connectivity index (χ1n) is 5.13. The summed E-state index contributed by atoms with van der Waals surface area (Å²) < 4.78 is 0. The Morgan fingerprint density at radius 3 is 2.36 bits per heavy atom. The fourth-order valence-electron chi connectivity index (χ4n) is 1.67. The van der Waals surface area contributed by atoms with E-state index in [1.807, 2.05) is 13.8 Å². The topological polar surface area (TPSA) is 57.6 Å². The third-order valence-corrected chi connectivity index (χ3v) is 2.61. The van der Waals surface area contributed by atoms with Gasteiger partial charge in [0.25, 0.3) is 0 Å². The molecule has 0 aliphatic heterocycles. The maximum absolute atomic E-state index is 11.7. The Balaban J connectivity index is 2.45. The molecule has 0 aromatic rings. The van der Waals surface area contributed by atoms with Gasteiger partial charge in [-0.3, -0.25) is 9.59 Å². The number of carboxylic acids is 1. The number of aliphatic carboxylic acids is 1. The Morgan fingerprint density at radius 1 is 1.36 bits per heavy atom. The van der Waals surface area contributed by atoms with Crippen LogP contribution in [0.4, 0.5) is 0 Å². The Morgan fingerprint density at radius 2 is 2.00 bits per heavy atom. The normalized spacial score (nSPS) is 24.4. The lowest BCUT2D eigenvalue weighted by Crippen LogP contribution is -2.33. The van der Waals surface area contributed by atoms with Gasteiger partial charge < -0.3 is 10.0 Å². The molecule has 0 radical (unpaired) electrons. The van der Waals surface area contributed by atoms with Crippen molar-refractivity contribution in [2.24, 2.45) is 11.8 Å². The zero-order valence-electron chi connectivity index (χ0n) is 8.69. The molecule has 4 nitrogen and oxygen atoms in total. The summed E-state index contributed by atoms with van der Waals surface area (Å²) in [6.45, 7) is 5.34. The number of rotatable bonds is 5. The van der Waals surface area contributed by atoms with Gasteiger partial charge in [-0.1, -0.05) is 6.92 Å². The predicted octanol–water partition coefficient (Wildman–Crippen LogP) is 0.966. The van der Waals surface area contributed by atoms with E-state index in [0.29, 0.717) is 13.0 Å². The molecule has 1 N–H and O–H groups in total. The van der Waals surface area contributed by atoms with Crippen LogP contribution in [0.1, 0.15) is 26.7 Å². The van der Waals surface area contributed by atoms with Crippen LogP contribution in [0.3, 0.4) is 0 Å². The van der Waals surface area contributed by atoms with Crippen LogP contribution < -0.4 is 0 Å². The van der Waals surface area contributed by atoms with Crippen LogP contribution in [0.15, 0.2) is 0 Å². The second-order valence-electron chi connectivity index (χ2n) is 3.70. The van der Waals surface area contributed by atoms with E-state index in [0.717, 1.165) is 13.0 Å². The maximum Gasteiger partial charge on any atom is 0.307 e. The molecular weight excluding hydrogens is 182 g/mol. The molecule has 0 spiro atoms. The average molecular weight is 199 g/mol. The fourth-order valence-corrected chi connectivity index (χ4v) is 1.67. The molecule has 1 aliphatic carbocycles. The molecule has 0 heterocycles. The second kappa shape index (κ2) is 4.44. The lowest BCUT2D eigenvalue weighted by Gasteiger charge is -2.19. The fraction of sp³-hybridized carbons (Fsp3) is 0.800. The van der Waals surface area contributed by atoms with E-state index in [1.165, 1.54) is 0 Å². The average Bonchev–Trinajstić information content (AvgIpc) is 2.92. The molecule has 14 heavy (non-hydrogen) atoms. The van der Waals surface area contributed by atoms with Crippen molar-refractivity contribution in [3.05, 3.63) is 0 Å². The van der Waals surface area contributed by atoms with E-state index < -0.39 is 11.9 Å². The summed E-state index contributed by atoms with van der Waals surface area (Å²) in [5.41, 5.74) is 0. The number of nitrogens with zero attached hydrogens (tertiary/aromatic N) is 1. The SMILES string of the molecule is CCCN(CC)C(=O)[C@@H]1C[C@@H]1C(=O)O. The summed E-state index contributed by atoms with van der Waals surface area (Å²) in [4.78, 5) is 24.0. The minimum absolute atomic E-state index is 0.0155. The highest BCUT2D eigenvalue weighted by molar-refractivity contribution is 5.89. The summed E-state index contributed by atoms with van der Waals surface area (Å²) in [5, 5.41) is 8.69. The number of amides is 1. The molecule has 0 saturated heterocycles.